The maximum absolute atomic E-state index is 11.7. The van der Waals surface area contributed by atoms with Gasteiger partial charge in [-0.3, -0.25) is 4.79 Å². The fraction of sp³-hybridized carbons (Fsp3) is 0.417. The first-order valence-electron chi connectivity index (χ1n) is 5.57. The van der Waals surface area contributed by atoms with Gasteiger partial charge in [0.1, 0.15) is 0 Å². The lowest BCUT2D eigenvalue weighted by Crippen LogP contribution is -2.23. The predicted octanol–water partition coefficient (Wildman–Crippen LogP) is 0.986. The molecule has 1 aliphatic heterocycles. The standard InChI is InChI=1S/C12H16N2O3/c1-17-10-6-9(5-8(7-13)12(10)16)14-4-2-3-11(14)15/h5-6,16H,2-4,7,13H2,1H3. The van der Waals surface area contributed by atoms with Gasteiger partial charge in [0.05, 0.1) is 7.11 Å². The number of rotatable bonds is 3. The highest BCUT2D eigenvalue weighted by Crippen LogP contribution is 2.35. The van der Waals surface area contributed by atoms with Gasteiger partial charge in [-0.25, -0.2) is 0 Å². The van der Waals surface area contributed by atoms with Crippen LogP contribution in [0.25, 0.3) is 0 Å². The van der Waals surface area contributed by atoms with Crippen molar-refractivity contribution < 1.29 is 14.6 Å². The molecule has 92 valence electrons. The van der Waals surface area contributed by atoms with E-state index in [0.29, 0.717) is 24.3 Å². The molecule has 0 spiro atoms. The third-order valence-electron chi connectivity index (χ3n) is 2.96. The molecule has 0 bridgehead atoms. The molecule has 5 heteroatoms. The Morgan fingerprint density at radius 3 is 2.82 bits per heavy atom. The number of hydrogen-bond donors (Lipinski definition) is 2. The van der Waals surface area contributed by atoms with Crippen LogP contribution in [0.2, 0.25) is 0 Å². The Labute approximate surface area is 99.8 Å². The summed E-state index contributed by atoms with van der Waals surface area (Å²) >= 11 is 0. The highest BCUT2D eigenvalue weighted by molar-refractivity contribution is 5.95. The van der Waals surface area contributed by atoms with Crippen molar-refractivity contribution >= 4 is 11.6 Å². The summed E-state index contributed by atoms with van der Waals surface area (Å²) in [5, 5.41) is 9.81. The maximum atomic E-state index is 11.7. The van der Waals surface area contributed by atoms with E-state index in [2.05, 4.69) is 0 Å². The monoisotopic (exact) mass is 236 g/mol. The van der Waals surface area contributed by atoms with Crippen LogP contribution in [0.4, 0.5) is 5.69 Å². The number of phenolic OH excluding ortho intramolecular Hbond substituents is 1. The lowest BCUT2D eigenvalue weighted by Gasteiger charge is -2.18. The highest BCUT2D eigenvalue weighted by atomic mass is 16.5. The lowest BCUT2D eigenvalue weighted by atomic mass is 10.1. The van der Waals surface area contributed by atoms with E-state index in [4.69, 9.17) is 10.5 Å². The molecule has 17 heavy (non-hydrogen) atoms. The van der Waals surface area contributed by atoms with E-state index in [1.165, 1.54) is 7.11 Å². The van der Waals surface area contributed by atoms with E-state index in [1.54, 1.807) is 17.0 Å². The Kier molecular flexibility index (Phi) is 3.19. The van der Waals surface area contributed by atoms with Crippen LogP contribution in [0.15, 0.2) is 12.1 Å². The van der Waals surface area contributed by atoms with Crippen molar-refractivity contribution in [1.82, 2.24) is 0 Å². The second kappa shape index (κ2) is 4.63. The minimum atomic E-state index is 0.0467. The first kappa shape index (κ1) is 11.7. The van der Waals surface area contributed by atoms with Crippen molar-refractivity contribution in [2.45, 2.75) is 19.4 Å². The van der Waals surface area contributed by atoms with Crippen LogP contribution in [-0.4, -0.2) is 24.7 Å². The molecule has 1 fully saturated rings. The third kappa shape index (κ3) is 2.06. The zero-order valence-corrected chi connectivity index (χ0v) is 9.77. The number of ether oxygens (including phenoxy) is 1. The van der Waals surface area contributed by atoms with Crippen molar-refractivity contribution in [2.75, 3.05) is 18.6 Å². The van der Waals surface area contributed by atoms with Gasteiger partial charge in [0.25, 0.3) is 0 Å². The number of nitrogens with zero attached hydrogens (tertiary/aromatic N) is 1. The van der Waals surface area contributed by atoms with E-state index in [-0.39, 0.29) is 18.2 Å². The summed E-state index contributed by atoms with van der Waals surface area (Å²) in [4.78, 5) is 13.3. The Morgan fingerprint density at radius 1 is 1.53 bits per heavy atom. The zero-order chi connectivity index (χ0) is 12.4. The van der Waals surface area contributed by atoms with Gasteiger partial charge in [0, 0.05) is 36.8 Å². The first-order chi connectivity index (χ1) is 8.17. The summed E-state index contributed by atoms with van der Waals surface area (Å²) in [5.41, 5.74) is 6.88. The Morgan fingerprint density at radius 2 is 2.29 bits per heavy atom. The molecular weight excluding hydrogens is 220 g/mol. The molecule has 1 amide bonds. The minimum absolute atomic E-state index is 0.0467. The molecule has 1 aromatic carbocycles. The summed E-state index contributed by atoms with van der Waals surface area (Å²) in [6, 6.07) is 3.40. The number of benzene rings is 1. The molecule has 1 aliphatic rings. The fourth-order valence-electron chi connectivity index (χ4n) is 2.04. The van der Waals surface area contributed by atoms with Crippen LogP contribution < -0.4 is 15.4 Å². The second-order valence-electron chi connectivity index (χ2n) is 4.01. The van der Waals surface area contributed by atoms with Gasteiger partial charge in [-0.2, -0.15) is 0 Å². The van der Waals surface area contributed by atoms with Crippen molar-refractivity contribution in [3.8, 4) is 11.5 Å². The summed E-state index contributed by atoms with van der Waals surface area (Å²) in [6.45, 7) is 0.912. The third-order valence-corrected chi connectivity index (χ3v) is 2.96. The Balaban J connectivity index is 2.44. The fourth-order valence-corrected chi connectivity index (χ4v) is 2.04. The van der Waals surface area contributed by atoms with Crippen molar-refractivity contribution in [2.24, 2.45) is 5.73 Å². The molecule has 1 saturated heterocycles. The van der Waals surface area contributed by atoms with Crippen molar-refractivity contribution in [3.63, 3.8) is 0 Å². The van der Waals surface area contributed by atoms with Crippen molar-refractivity contribution in [1.29, 1.82) is 0 Å². The number of amides is 1. The van der Waals surface area contributed by atoms with Crippen LogP contribution in [-0.2, 0) is 11.3 Å². The number of carbonyl (C=O) groups excluding carboxylic acids is 1. The number of aromatic hydroxyl groups is 1. The second-order valence-corrected chi connectivity index (χ2v) is 4.01. The number of phenols is 1. The minimum Gasteiger partial charge on any atom is -0.504 e. The van der Waals surface area contributed by atoms with Gasteiger partial charge >= 0.3 is 0 Å². The van der Waals surface area contributed by atoms with Crippen LogP contribution in [0.3, 0.4) is 0 Å². The molecule has 3 N–H and O–H groups in total. The average molecular weight is 236 g/mol. The molecular formula is C12H16N2O3. The SMILES string of the molecule is COc1cc(N2CCCC2=O)cc(CN)c1O. The van der Waals surface area contributed by atoms with Crippen LogP contribution in [0, 0.1) is 0 Å². The zero-order valence-electron chi connectivity index (χ0n) is 9.77. The number of methoxy groups -OCH3 is 1. The molecule has 2 rings (SSSR count). The molecule has 1 aromatic rings. The van der Waals surface area contributed by atoms with E-state index < -0.39 is 0 Å². The van der Waals surface area contributed by atoms with Gasteiger partial charge in [-0.1, -0.05) is 0 Å². The van der Waals surface area contributed by atoms with Crippen LogP contribution in [0.5, 0.6) is 11.5 Å². The molecule has 0 atom stereocenters. The Bertz CT molecular complexity index is 420. The summed E-state index contributed by atoms with van der Waals surface area (Å²) in [6.07, 6.45) is 1.43. The number of anilines is 1. The molecule has 0 unspecified atom stereocenters. The van der Waals surface area contributed by atoms with Crippen LogP contribution in [0.1, 0.15) is 18.4 Å². The highest BCUT2D eigenvalue weighted by Gasteiger charge is 2.23. The molecule has 1 heterocycles. The normalized spacial score (nSPS) is 15.4. The van der Waals surface area contributed by atoms with Gasteiger partial charge in [0.2, 0.25) is 5.91 Å². The summed E-state index contributed by atoms with van der Waals surface area (Å²) < 4.78 is 5.08. The molecule has 0 aliphatic carbocycles. The quantitative estimate of drug-likeness (QED) is 0.820. The number of nitrogens with two attached hydrogens (primary N) is 1. The largest absolute Gasteiger partial charge is 0.504 e. The number of hydrogen-bond acceptors (Lipinski definition) is 4. The topological polar surface area (TPSA) is 75.8 Å². The van der Waals surface area contributed by atoms with Gasteiger partial charge < -0.3 is 20.5 Å². The Hall–Kier alpha value is -1.75. The molecule has 5 nitrogen and oxygen atoms in total. The first-order valence-corrected chi connectivity index (χ1v) is 5.57. The molecule has 0 aromatic heterocycles. The van der Waals surface area contributed by atoms with Crippen molar-refractivity contribution in [3.05, 3.63) is 17.7 Å². The molecule has 0 saturated carbocycles. The summed E-state index contributed by atoms with van der Waals surface area (Å²) in [7, 11) is 1.48. The maximum Gasteiger partial charge on any atom is 0.227 e. The smallest absolute Gasteiger partial charge is 0.227 e. The summed E-state index contributed by atoms with van der Waals surface area (Å²) in [5.74, 6) is 0.494. The van der Waals surface area contributed by atoms with Gasteiger partial charge in [-0.05, 0) is 12.5 Å². The predicted molar refractivity (Wildman–Crippen MR) is 64.1 cm³/mol. The van der Waals surface area contributed by atoms with Gasteiger partial charge in [-0.15, -0.1) is 0 Å². The lowest BCUT2D eigenvalue weighted by molar-refractivity contribution is -0.117. The molecule has 0 radical (unpaired) electrons. The van der Waals surface area contributed by atoms with E-state index in [0.717, 1.165) is 12.1 Å². The average Bonchev–Trinajstić information content (AvgIpc) is 2.76. The number of carbonyl (C=O) groups is 1. The van der Waals surface area contributed by atoms with E-state index >= 15 is 0 Å². The van der Waals surface area contributed by atoms with E-state index in [9.17, 15) is 9.90 Å². The van der Waals surface area contributed by atoms with E-state index in [1.807, 2.05) is 0 Å². The van der Waals surface area contributed by atoms with Gasteiger partial charge in [0.15, 0.2) is 11.5 Å². The van der Waals surface area contributed by atoms with Crippen LogP contribution >= 0.6 is 0 Å².